The van der Waals surface area contributed by atoms with Gasteiger partial charge in [-0.05, 0) is 55.5 Å². The van der Waals surface area contributed by atoms with Crippen LogP contribution in [0.1, 0.15) is 15.2 Å². The van der Waals surface area contributed by atoms with Crippen LogP contribution < -0.4 is 10.1 Å². The van der Waals surface area contributed by atoms with Crippen LogP contribution in [0.5, 0.6) is 11.6 Å². The van der Waals surface area contributed by atoms with E-state index >= 15 is 0 Å². The number of nitrogens with one attached hydrogen (secondary N) is 1. The molecule has 0 fully saturated rings. The lowest BCUT2D eigenvalue weighted by molar-refractivity contribution is 0.102. The Morgan fingerprint density at radius 2 is 1.55 bits per heavy atom. The lowest BCUT2D eigenvalue weighted by Gasteiger charge is -2.08. The van der Waals surface area contributed by atoms with Crippen LogP contribution in [0.4, 0.5) is 18.9 Å². The standard InChI is InChI=1S/C23H15F3N2O2S/c1-13-22(28-23(31-13)20-18(25)7-4-8-19(20)26)30-15-11-9-14(10-12-15)27-21(29)16-5-2-3-6-17(16)24/h2-12H,1H3,(H,27,29). The van der Waals surface area contributed by atoms with Crippen molar-refractivity contribution >= 4 is 22.9 Å². The number of hydrogen-bond acceptors (Lipinski definition) is 4. The van der Waals surface area contributed by atoms with Crippen molar-refractivity contribution in [2.45, 2.75) is 6.92 Å². The molecule has 156 valence electrons. The number of halogens is 3. The Morgan fingerprint density at radius 3 is 2.23 bits per heavy atom. The number of amides is 1. The number of rotatable bonds is 5. The Balaban J connectivity index is 1.49. The molecule has 0 bridgehead atoms. The Morgan fingerprint density at radius 1 is 0.903 bits per heavy atom. The molecule has 0 radical (unpaired) electrons. The van der Waals surface area contributed by atoms with Gasteiger partial charge in [-0.15, -0.1) is 11.3 Å². The molecule has 8 heteroatoms. The normalized spacial score (nSPS) is 10.7. The number of anilines is 1. The second-order valence-electron chi connectivity index (χ2n) is 6.54. The zero-order chi connectivity index (χ0) is 22.0. The monoisotopic (exact) mass is 440 g/mol. The highest BCUT2D eigenvalue weighted by Crippen LogP contribution is 2.36. The number of nitrogens with zero attached hydrogens (tertiary/aromatic N) is 1. The van der Waals surface area contributed by atoms with Crippen LogP contribution >= 0.6 is 11.3 Å². The third-order valence-corrected chi connectivity index (χ3v) is 5.35. The molecule has 4 nitrogen and oxygen atoms in total. The van der Waals surface area contributed by atoms with Gasteiger partial charge in [-0.2, -0.15) is 0 Å². The van der Waals surface area contributed by atoms with Gasteiger partial charge in [0.05, 0.1) is 16.0 Å². The molecule has 31 heavy (non-hydrogen) atoms. The van der Waals surface area contributed by atoms with Crippen molar-refractivity contribution in [2.24, 2.45) is 0 Å². The van der Waals surface area contributed by atoms with Gasteiger partial charge in [-0.1, -0.05) is 18.2 Å². The maximum absolute atomic E-state index is 14.0. The topological polar surface area (TPSA) is 51.2 Å². The fourth-order valence-electron chi connectivity index (χ4n) is 2.85. The van der Waals surface area contributed by atoms with Crippen molar-refractivity contribution in [1.29, 1.82) is 0 Å². The van der Waals surface area contributed by atoms with Crippen molar-refractivity contribution < 1.29 is 22.7 Å². The van der Waals surface area contributed by atoms with E-state index in [1.54, 1.807) is 37.3 Å². The first kappa shape index (κ1) is 20.6. The minimum Gasteiger partial charge on any atom is -0.438 e. The Bertz CT molecular complexity index is 1240. The third-order valence-electron chi connectivity index (χ3n) is 4.38. The van der Waals surface area contributed by atoms with Crippen molar-refractivity contribution in [3.63, 3.8) is 0 Å². The molecule has 0 aliphatic rings. The van der Waals surface area contributed by atoms with Gasteiger partial charge in [0.15, 0.2) is 0 Å². The predicted molar refractivity (Wildman–Crippen MR) is 113 cm³/mol. The number of ether oxygens (including phenoxy) is 1. The predicted octanol–water partition coefficient (Wildman–Crippen LogP) is 6.58. The van der Waals surface area contributed by atoms with Gasteiger partial charge in [0.2, 0.25) is 5.88 Å². The third kappa shape index (κ3) is 4.44. The van der Waals surface area contributed by atoms with Gasteiger partial charge in [-0.3, -0.25) is 4.79 Å². The smallest absolute Gasteiger partial charge is 0.258 e. The van der Waals surface area contributed by atoms with Crippen molar-refractivity contribution in [2.75, 3.05) is 5.32 Å². The number of hydrogen-bond donors (Lipinski definition) is 1. The first-order valence-electron chi connectivity index (χ1n) is 9.18. The van der Waals surface area contributed by atoms with Crippen molar-refractivity contribution in [3.05, 3.63) is 94.6 Å². The van der Waals surface area contributed by atoms with Gasteiger partial charge in [0.25, 0.3) is 5.91 Å². The van der Waals surface area contributed by atoms with Crippen molar-refractivity contribution in [1.82, 2.24) is 4.98 Å². The molecule has 1 heterocycles. The molecule has 0 unspecified atom stereocenters. The van der Waals surface area contributed by atoms with E-state index in [-0.39, 0.29) is 22.0 Å². The van der Waals surface area contributed by atoms with Crippen LogP contribution in [0.25, 0.3) is 10.6 Å². The Hall–Kier alpha value is -3.65. The summed E-state index contributed by atoms with van der Waals surface area (Å²) in [6, 6.07) is 15.7. The first-order chi connectivity index (χ1) is 14.9. The lowest BCUT2D eigenvalue weighted by atomic mass is 10.2. The van der Waals surface area contributed by atoms with E-state index in [2.05, 4.69) is 10.3 Å². The van der Waals surface area contributed by atoms with Gasteiger partial charge in [-0.25, -0.2) is 18.2 Å². The summed E-state index contributed by atoms with van der Waals surface area (Å²) in [5.74, 6) is -1.94. The molecule has 4 aromatic rings. The molecule has 0 saturated heterocycles. The summed E-state index contributed by atoms with van der Waals surface area (Å²) in [5, 5.41) is 2.79. The molecule has 1 N–H and O–H groups in total. The fraction of sp³-hybridized carbons (Fsp3) is 0.0435. The van der Waals surface area contributed by atoms with Gasteiger partial charge in [0.1, 0.15) is 28.2 Å². The maximum atomic E-state index is 14.0. The highest BCUT2D eigenvalue weighted by molar-refractivity contribution is 7.15. The first-order valence-corrected chi connectivity index (χ1v) is 9.99. The van der Waals surface area contributed by atoms with Crippen LogP contribution in [-0.2, 0) is 0 Å². The zero-order valence-corrected chi connectivity index (χ0v) is 17.0. The van der Waals surface area contributed by atoms with E-state index in [4.69, 9.17) is 4.74 Å². The van der Waals surface area contributed by atoms with Gasteiger partial charge < -0.3 is 10.1 Å². The number of benzene rings is 3. The van der Waals surface area contributed by atoms with Crippen LogP contribution in [0.3, 0.4) is 0 Å². The van der Waals surface area contributed by atoms with Crippen LogP contribution in [0.2, 0.25) is 0 Å². The summed E-state index contributed by atoms with van der Waals surface area (Å²) in [7, 11) is 0. The molecule has 0 aliphatic heterocycles. The van der Waals surface area contributed by atoms with E-state index in [9.17, 15) is 18.0 Å². The summed E-state index contributed by atoms with van der Waals surface area (Å²) < 4.78 is 47.5. The summed E-state index contributed by atoms with van der Waals surface area (Å²) in [5.41, 5.74) is 0.190. The SMILES string of the molecule is Cc1sc(-c2c(F)cccc2F)nc1Oc1ccc(NC(=O)c2ccccc2F)cc1. The highest BCUT2D eigenvalue weighted by atomic mass is 32.1. The van der Waals surface area contributed by atoms with Crippen LogP contribution in [0, 0.1) is 24.4 Å². The second-order valence-corrected chi connectivity index (χ2v) is 7.74. The summed E-state index contributed by atoms with van der Waals surface area (Å²) in [4.78, 5) is 17.1. The van der Waals surface area contributed by atoms with Gasteiger partial charge in [0, 0.05) is 5.69 Å². The quantitative estimate of drug-likeness (QED) is 0.381. The van der Waals surface area contributed by atoms with E-state index < -0.39 is 23.4 Å². The summed E-state index contributed by atoms with van der Waals surface area (Å²) in [6.07, 6.45) is 0. The molecule has 3 aromatic carbocycles. The fourth-order valence-corrected chi connectivity index (χ4v) is 3.74. The number of carbonyl (C=O) groups excluding carboxylic acids is 1. The molecule has 1 aromatic heterocycles. The van der Waals surface area contributed by atoms with E-state index in [0.717, 1.165) is 11.3 Å². The van der Waals surface area contributed by atoms with Crippen LogP contribution in [0.15, 0.2) is 66.7 Å². The minimum atomic E-state index is -0.699. The second kappa shape index (κ2) is 8.61. The number of aryl methyl sites for hydroxylation is 1. The summed E-state index contributed by atoms with van der Waals surface area (Å²) >= 11 is 1.12. The summed E-state index contributed by atoms with van der Waals surface area (Å²) in [6.45, 7) is 1.73. The van der Waals surface area contributed by atoms with Crippen LogP contribution in [-0.4, -0.2) is 10.9 Å². The number of carbonyl (C=O) groups is 1. The van der Waals surface area contributed by atoms with Gasteiger partial charge >= 0.3 is 0 Å². The minimum absolute atomic E-state index is 0.0613. The number of aromatic nitrogens is 1. The maximum Gasteiger partial charge on any atom is 0.258 e. The lowest BCUT2D eigenvalue weighted by Crippen LogP contribution is -2.13. The Labute approximate surface area is 180 Å². The highest BCUT2D eigenvalue weighted by Gasteiger charge is 2.18. The molecule has 4 rings (SSSR count). The van der Waals surface area contributed by atoms with E-state index in [1.165, 1.54) is 36.4 Å². The van der Waals surface area contributed by atoms with E-state index in [1.807, 2.05) is 0 Å². The number of thiazole rings is 1. The molecule has 0 atom stereocenters. The average molecular weight is 440 g/mol. The Kier molecular flexibility index (Phi) is 5.73. The molecular formula is C23H15F3N2O2S. The molecule has 0 saturated carbocycles. The molecule has 1 amide bonds. The van der Waals surface area contributed by atoms with E-state index in [0.29, 0.717) is 16.3 Å². The largest absolute Gasteiger partial charge is 0.438 e. The zero-order valence-electron chi connectivity index (χ0n) is 16.2. The average Bonchev–Trinajstić information content (AvgIpc) is 3.09. The molecule has 0 aliphatic carbocycles. The molecule has 0 spiro atoms. The van der Waals surface area contributed by atoms with Crippen molar-refractivity contribution in [3.8, 4) is 22.2 Å². The molecular weight excluding hydrogens is 425 g/mol.